The van der Waals surface area contributed by atoms with E-state index >= 15 is 0 Å². The lowest BCUT2D eigenvalue weighted by Crippen LogP contribution is -2.41. The molecule has 128 valence electrons. The number of aromatic nitrogens is 3. The van der Waals surface area contributed by atoms with E-state index in [0.717, 1.165) is 24.0 Å². The summed E-state index contributed by atoms with van der Waals surface area (Å²) in [6.45, 7) is 5.90. The number of pyridine rings is 1. The van der Waals surface area contributed by atoms with Crippen molar-refractivity contribution in [1.29, 1.82) is 0 Å². The van der Waals surface area contributed by atoms with Crippen molar-refractivity contribution < 1.29 is 14.6 Å². The molecule has 0 spiro atoms. The molecule has 3 heterocycles. The molecule has 1 atom stereocenters. The minimum atomic E-state index is -0.637. The summed E-state index contributed by atoms with van der Waals surface area (Å²) < 4.78 is 7.56. The Kier molecular flexibility index (Phi) is 3.32. The summed E-state index contributed by atoms with van der Waals surface area (Å²) in [6, 6.07) is 2.29. The van der Waals surface area contributed by atoms with Crippen molar-refractivity contribution in [3.05, 3.63) is 18.0 Å². The van der Waals surface area contributed by atoms with Crippen molar-refractivity contribution in [2.75, 3.05) is 11.4 Å². The number of carbonyl (C=O) groups excluding carboxylic acids is 1. The molecule has 2 aliphatic rings. The molecule has 0 aromatic carbocycles. The molecule has 1 aliphatic heterocycles. The van der Waals surface area contributed by atoms with Crippen LogP contribution in [0.15, 0.2) is 12.4 Å². The number of nitrogens with zero attached hydrogens (tertiary/aromatic N) is 4. The maximum Gasteiger partial charge on any atom is 0.416 e. The molecule has 7 heteroatoms. The molecule has 2 aromatic heterocycles. The number of fused-ring (bicyclic) bond motifs is 2. The van der Waals surface area contributed by atoms with Crippen molar-refractivity contribution in [1.82, 2.24) is 14.5 Å². The van der Waals surface area contributed by atoms with Gasteiger partial charge in [-0.15, -0.1) is 0 Å². The highest BCUT2D eigenvalue weighted by Gasteiger charge is 2.34. The van der Waals surface area contributed by atoms with Crippen molar-refractivity contribution in [2.45, 2.75) is 57.8 Å². The van der Waals surface area contributed by atoms with Gasteiger partial charge in [-0.05, 0) is 46.1 Å². The van der Waals surface area contributed by atoms with E-state index in [0.29, 0.717) is 30.4 Å². The van der Waals surface area contributed by atoms with Gasteiger partial charge in [0.2, 0.25) is 0 Å². The highest BCUT2D eigenvalue weighted by Crippen LogP contribution is 2.39. The van der Waals surface area contributed by atoms with Gasteiger partial charge in [-0.3, -0.25) is 4.90 Å². The fourth-order valence-corrected chi connectivity index (χ4v) is 3.05. The molecule has 0 bridgehead atoms. The summed E-state index contributed by atoms with van der Waals surface area (Å²) in [5.74, 6) is 0.484. The molecule has 1 unspecified atom stereocenters. The minimum Gasteiger partial charge on any atom is -0.443 e. The molecule has 4 rings (SSSR count). The third-order valence-corrected chi connectivity index (χ3v) is 4.35. The molecule has 7 nitrogen and oxygen atoms in total. The molecule has 1 amide bonds. The van der Waals surface area contributed by atoms with Crippen LogP contribution < -0.4 is 4.90 Å². The number of rotatable bonds is 1. The molecule has 1 fully saturated rings. The first-order valence-electron chi connectivity index (χ1n) is 8.39. The first-order chi connectivity index (χ1) is 11.3. The third-order valence-electron chi connectivity index (χ3n) is 4.35. The molecule has 2 aromatic rings. The summed E-state index contributed by atoms with van der Waals surface area (Å²) in [4.78, 5) is 23.2. The average Bonchev–Trinajstić information content (AvgIpc) is 3.25. The number of anilines is 1. The number of hydrogen-bond donors (Lipinski definition) is 1. The molecule has 1 N–H and O–H groups in total. The Hall–Kier alpha value is -2.15. The number of amides is 1. The Morgan fingerprint density at radius 3 is 2.75 bits per heavy atom. The van der Waals surface area contributed by atoms with Crippen molar-refractivity contribution >= 4 is 23.1 Å². The average molecular weight is 330 g/mol. The summed E-state index contributed by atoms with van der Waals surface area (Å²) in [7, 11) is 0. The zero-order valence-corrected chi connectivity index (χ0v) is 14.2. The topological polar surface area (TPSA) is 80.5 Å². The molecular formula is C17H22N4O3. The van der Waals surface area contributed by atoms with Gasteiger partial charge in [0, 0.05) is 18.2 Å². The Morgan fingerprint density at radius 2 is 2.08 bits per heavy atom. The first-order valence-corrected chi connectivity index (χ1v) is 8.39. The fraction of sp³-hybridized carbons (Fsp3) is 0.588. The SMILES string of the molecule is CC(C)(C)OC(=O)N1CCC(O)c2cc3ncn(C4CC4)c3nc21. The van der Waals surface area contributed by atoms with Gasteiger partial charge in [-0.25, -0.2) is 14.8 Å². The van der Waals surface area contributed by atoms with E-state index in [1.165, 1.54) is 4.90 Å². The number of hydrogen-bond acceptors (Lipinski definition) is 5. The van der Waals surface area contributed by atoms with E-state index in [4.69, 9.17) is 4.74 Å². The summed E-state index contributed by atoms with van der Waals surface area (Å²) in [6.07, 6.45) is 3.44. The lowest BCUT2D eigenvalue weighted by Gasteiger charge is -2.32. The zero-order valence-electron chi connectivity index (χ0n) is 14.2. The smallest absolute Gasteiger partial charge is 0.416 e. The first kappa shape index (κ1) is 15.4. The maximum absolute atomic E-state index is 12.5. The van der Waals surface area contributed by atoms with Gasteiger partial charge >= 0.3 is 6.09 Å². The van der Waals surface area contributed by atoms with Crippen molar-refractivity contribution in [3.63, 3.8) is 0 Å². The van der Waals surface area contributed by atoms with Crippen molar-refractivity contribution in [3.8, 4) is 0 Å². The van der Waals surface area contributed by atoms with Crippen LogP contribution in [0.2, 0.25) is 0 Å². The second-order valence-corrected chi connectivity index (χ2v) is 7.56. The summed E-state index contributed by atoms with van der Waals surface area (Å²) in [5.41, 5.74) is 1.58. The zero-order chi connectivity index (χ0) is 17.1. The van der Waals surface area contributed by atoms with E-state index < -0.39 is 17.8 Å². The number of imidazole rings is 1. The lowest BCUT2D eigenvalue weighted by molar-refractivity contribution is 0.0563. The maximum atomic E-state index is 12.5. The standard InChI is InChI=1S/C17H22N4O3/c1-17(2,3)24-16(23)20-7-6-13(22)11-8-12-15(19-14(11)20)21(9-18-12)10-4-5-10/h8-10,13,22H,4-7H2,1-3H3. The van der Waals surface area contributed by atoms with Gasteiger partial charge in [0.05, 0.1) is 12.4 Å². The van der Waals surface area contributed by atoms with Crippen LogP contribution in [0, 0.1) is 0 Å². The summed E-state index contributed by atoms with van der Waals surface area (Å²) in [5, 5.41) is 10.3. The molecule has 1 saturated carbocycles. The Morgan fingerprint density at radius 1 is 1.33 bits per heavy atom. The van der Waals surface area contributed by atoms with Gasteiger partial charge in [-0.1, -0.05) is 0 Å². The van der Waals surface area contributed by atoms with E-state index in [-0.39, 0.29) is 0 Å². The third kappa shape index (κ3) is 2.62. The second kappa shape index (κ2) is 5.17. The van der Waals surface area contributed by atoms with E-state index in [2.05, 4.69) is 14.5 Å². The molecule has 0 saturated heterocycles. The number of aliphatic hydroxyl groups is 1. The van der Waals surface area contributed by atoms with Gasteiger partial charge in [0.15, 0.2) is 5.65 Å². The molecule has 1 aliphatic carbocycles. The predicted molar refractivity (Wildman–Crippen MR) is 89.0 cm³/mol. The number of carbonyl (C=O) groups is 1. The Balaban J connectivity index is 1.78. The number of aliphatic hydroxyl groups excluding tert-OH is 1. The summed E-state index contributed by atoms with van der Waals surface area (Å²) >= 11 is 0. The van der Waals surface area contributed by atoms with Gasteiger partial charge in [0.1, 0.15) is 16.9 Å². The Labute approximate surface area is 140 Å². The molecule has 0 radical (unpaired) electrons. The molecule has 24 heavy (non-hydrogen) atoms. The minimum absolute atomic E-state index is 0.388. The highest BCUT2D eigenvalue weighted by atomic mass is 16.6. The van der Waals surface area contributed by atoms with Crippen LogP contribution in [0.3, 0.4) is 0 Å². The monoisotopic (exact) mass is 330 g/mol. The van der Waals surface area contributed by atoms with E-state index in [1.807, 2.05) is 26.8 Å². The van der Waals surface area contributed by atoms with Crippen LogP contribution in [-0.2, 0) is 4.74 Å². The van der Waals surface area contributed by atoms with Gasteiger partial charge in [-0.2, -0.15) is 0 Å². The predicted octanol–water partition coefficient (Wildman–Crippen LogP) is 2.94. The normalized spacial score (nSPS) is 21.0. The van der Waals surface area contributed by atoms with Crippen LogP contribution >= 0.6 is 0 Å². The van der Waals surface area contributed by atoms with E-state index in [9.17, 15) is 9.90 Å². The van der Waals surface area contributed by atoms with Crippen LogP contribution in [0.1, 0.15) is 57.7 Å². The van der Waals surface area contributed by atoms with Crippen LogP contribution in [0.4, 0.5) is 10.6 Å². The largest absolute Gasteiger partial charge is 0.443 e. The van der Waals surface area contributed by atoms with Crippen LogP contribution in [0.5, 0.6) is 0 Å². The van der Waals surface area contributed by atoms with E-state index in [1.54, 1.807) is 6.33 Å². The second-order valence-electron chi connectivity index (χ2n) is 7.56. The lowest BCUT2D eigenvalue weighted by atomic mass is 10.0. The fourth-order valence-electron chi connectivity index (χ4n) is 3.05. The molecular weight excluding hydrogens is 308 g/mol. The van der Waals surface area contributed by atoms with Gasteiger partial charge < -0.3 is 14.4 Å². The number of ether oxygens (including phenoxy) is 1. The van der Waals surface area contributed by atoms with Gasteiger partial charge in [0.25, 0.3) is 0 Å². The quantitative estimate of drug-likeness (QED) is 0.869. The Bertz CT molecular complexity index is 804. The van der Waals surface area contributed by atoms with Crippen LogP contribution in [-0.4, -0.2) is 37.9 Å². The van der Waals surface area contributed by atoms with Crippen molar-refractivity contribution in [2.24, 2.45) is 0 Å². The van der Waals surface area contributed by atoms with Crippen LogP contribution in [0.25, 0.3) is 11.2 Å². The highest BCUT2D eigenvalue weighted by molar-refractivity contribution is 5.90.